The molecule has 21 heavy (non-hydrogen) atoms. The van der Waals surface area contributed by atoms with Crippen LogP contribution in [0.15, 0.2) is 42.5 Å². The average molecular weight is 285 g/mol. The van der Waals surface area contributed by atoms with Gasteiger partial charge in [-0.1, -0.05) is 0 Å². The Morgan fingerprint density at radius 2 is 1.67 bits per heavy atom. The van der Waals surface area contributed by atoms with Gasteiger partial charge in [-0.05, 0) is 42.5 Å². The first-order chi connectivity index (χ1) is 10.0. The van der Waals surface area contributed by atoms with Crippen molar-refractivity contribution >= 4 is 23.2 Å². The van der Waals surface area contributed by atoms with Crippen LogP contribution in [0.3, 0.4) is 0 Å². The molecule has 0 aliphatic rings. The summed E-state index contributed by atoms with van der Waals surface area (Å²) < 4.78 is 5.03. The smallest absolute Gasteiger partial charge is 0.255 e. The van der Waals surface area contributed by atoms with Crippen LogP contribution in [0.5, 0.6) is 5.75 Å². The molecule has 2 rings (SSSR count). The summed E-state index contributed by atoms with van der Waals surface area (Å²) in [6.07, 6.45) is 0. The number of hydrogen-bond acceptors (Lipinski definition) is 4. The fourth-order valence-electron chi connectivity index (χ4n) is 1.80. The fourth-order valence-corrected chi connectivity index (χ4v) is 1.80. The average Bonchev–Trinajstić information content (AvgIpc) is 2.47. The number of nitrogens with one attached hydrogen (secondary N) is 1. The van der Waals surface area contributed by atoms with Crippen LogP contribution in [-0.4, -0.2) is 18.9 Å². The minimum Gasteiger partial charge on any atom is -0.495 e. The topological polar surface area (TPSA) is 107 Å². The van der Waals surface area contributed by atoms with E-state index in [1.165, 1.54) is 13.2 Å². The molecular formula is C15H15N3O3. The largest absolute Gasteiger partial charge is 0.495 e. The van der Waals surface area contributed by atoms with Gasteiger partial charge in [-0.15, -0.1) is 0 Å². The number of rotatable bonds is 4. The summed E-state index contributed by atoms with van der Waals surface area (Å²) in [4.78, 5) is 23.0. The van der Waals surface area contributed by atoms with Crippen LogP contribution in [0.2, 0.25) is 0 Å². The molecule has 0 atom stereocenters. The van der Waals surface area contributed by atoms with Crippen molar-refractivity contribution in [1.82, 2.24) is 0 Å². The van der Waals surface area contributed by atoms with Gasteiger partial charge in [0, 0.05) is 16.8 Å². The Balaban J connectivity index is 2.14. The second-order valence-corrected chi connectivity index (χ2v) is 4.35. The van der Waals surface area contributed by atoms with E-state index in [0.29, 0.717) is 28.3 Å². The lowest BCUT2D eigenvalue weighted by Gasteiger charge is -2.08. The van der Waals surface area contributed by atoms with Gasteiger partial charge < -0.3 is 21.5 Å². The zero-order valence-corrected chi connectivity index (χ0v) is 11.4. The Kier molecular flexibility index (Phi) is 4.08. The van der Waals surface area contributed by atoms with Gasteiger partial charge in [-0.2, -0.15) is 0 Å². The summed E-state index contributed by atoms with van der Waals surface area (Å²) in [5, 5.41) is 2.70. The van der Waals surface area contributed by atoms with E-state index < -0.39 is 5.91 Å². The monoisotopic (exact) mass is 285 g/mol. The highest BCUT2D eigenvalue weighted by Gasteiger charge is 2.09. The van der Waals surface area contributed by atoms with E-state index in [-0.39, 0.29) is 5.91 Å². The number of ether oxygens (including phenoxy) is 1. The lowest BCUT2D eigenvalue weighted by atomic mass is 10.1. The number of primary amides is 1. The van der Waals surface area contributed by atoms with Gasteiger partial charge in [-0.25, -0.2) is 0 Å². The Bertz CT molecular complexity index is 681. The first-order valence-electron chi connectivity index (χ1n) is 6.16. The number of amides is 2. The van der Waals surface area contributed by atoms with Crippen molar-refractivity contribution < 1.29 is 14.3 Å². The minimum atomic E-state index is -0.518. The zero-order valence-electron chi connectivity index (χ0n) is 11.4. The minimum absolute atomic E-state index is 0.309. The molecular weight excluding hydrogens is 270 g/mol. The molecule has 0 heterocycles. The van der Waals surface area contributed by atoms with Crippen molar-refractivity contribution in [2.75, 3.05) is 18.2 Å². The summed E-state index contributed by atoms with van der Waals surface area (Å²) in [5.74, 6) is -0.315. The molecule has 108 valence electrons. The number of carbonyl (C=O) groups excluding carboxylic acids is 2. The van der Waals surface area contributed by atoms with Crippen LogP contribution in [0.1, 0.15) is 20.7 Å². The van der Waals surface area contributed by atoms with E-state index in [9.17, 15) is 9.59 Å². The maximum atomic E-state index is 12.1. The van der Waals surface area contributed by atoms with E-state index in [1.54, 1.807) is 36.4 Å². The molecule has 0 bridgehead atoms. The molecule has 2 aromatic rings. The van der Waals surface area contributed by atoms with Crippen molar-refractivity contribution in [1.29, 1.82) is 0 Å². The molecule has 0 radical (unpaired) electrons. The van der Waals surface area contributed by atoms with Crippen molar-refractivity contribution in [2.45, 2.75) is 0 Å². The van der Waals surface area contributed by atoms with Crippen molar-refractivity contribution in [3.05, 3.63) is 53.6 Å². The van der Waals surface area contributed by atoms with Crippen LogP contribution < -0.4 is 21.5 Å². The first kappa shape index (κ1) is 14.4. The molecule has 2 aromatic carbocycles. The number of anilines is 2. The SMILES string of the molecule is COc1ccc(C(=O)Nc2ccc(C(N)=O)cc2)cc1N. The Morgan fingerprint density at radius 3 is 2.19 bits per heavy atom. The maximum Gasteiger partial charge on any atom is 0.255 e. The summed E-state index contributed by atoms with van der Waals surface area (Å²) in [6.45, 7) is 0. The van der Waals surface area contributed by atoms with Crippen LogP contribution >= 0.6 is 0 Å². The van der Waals surface area contributed by atoms with Gasteiger partial charge in [0.05, 0.1) is 12.8 Å². The molecule has 6 nitrogen and oxygen atoms in total. The van der Waals surface area contributed by atoms with Crippen LogP contribution in [-0.2, 0) is 0 Å². The predicted octanol–water partition coefficient (Wildman–Crippen LogP) is 1.63. The van der Waals surface area contributed by atoms with E-state index in [1.807, 2.05) is 0 Å². The Morgan fingerprint density at radius 1 is 1.05 bits per heavy atom. The number of nitrogen functional groups attached to an aromatic ring is 1. The predicted molar refractivity (Wildman–Crippen MR) is 80.3 cm³/mol. The number of methoxy groups -OCH3 is 1. The number of carbonyl (C=O) groups is 2. The fraction of sp³-hybridized carbons (Fsp3) is 0.0667. The molecule has 0 unspecified atom stereocenters. The third-order valence-corrected chi connectivity index (χ3v) is 2.92. The highest BCUT2D eigenvalue weighted by Crippen LogP contribution is 2.22. The number of nitrogens with two attached hydrogens (primary N) is 2. The van der Waals surface area contributed by atoms with E-state index >= 15 is 0 Å². The molecule has 2 amide bonds. The second kappa shape index (κ2) is 5.96. The maximum absolute atomic E-state index is 12.1. The third kappa shape index (κ3) is 3.30. The molecule has 5 N–H and O–H groups in total. The third-order valence-electron chi connectivity index (χ3n) is 2.92. The van der Waals surface area contributed by atoms with E-state index in [4.69, 9.17) is 16.2 Å². The lowest BCUT2D eigenvalue weighted by Crippen LogP contribution is -2.13. The summed E-state index contributed by atoms with van der Waals surface area (Å²) in [7, 11) is 1.51. The van der Waals surface area contributed by atoms with Crippen molar-refractivity contribution in [3.8, 4) is 5.75 Å². The highest BCUT2D eigenvalue weighted by atomic mass is 16.5. The molecule has 0 saturated heterocycles. The van der Waals surface area contributed by atoms with Gasteiger partial charge in [-0.3, -0.25) is 9.59 Å². The molecule has 0 spiro atoms. The standard InChI is InChI=1S/C15H15N3O3/c1-21-13-7-4-10(8-12(13)16)15(20)18-11-5-2-9(3-6-11)14(17)19/h2-8H,16H2,1H3,(H2,17,19)(H,18,20). The highest BCUT2D eigenvalue weighted by molar-refractivity contribution is 6.05. The lowest BCUT2D eigenvalue weighted by molar-refractivity contribution is 0.0998. The molecule has 0 aliphatic heterocycles. The number of benzene rings is 2. The molecule has 0 fully saturated rings. The van der Waals surface area contributed by atoms with Gasteiger partial charge in [0.2, 0.25) is 5.91 Å². The zero-order chi connectivity index (χ0) is 15.4. The quantitative estimate of drug-likeness (QED) is 0.742. The molecule has 0 saturated carbocycles. The van der Waals surface area contributed by atoms with Gasteiger partial charge in [0.1, 0.15) is 5.75 Å². The molecule has 0 aromatic heterocycles. The normalized spacial score (nSPS) is 9.95. The first-order valence-corrected chi connectivity index (χ1v) is 6.16. The number of hydrogen-bond donors (Lipinski definition) is 3. The van der Waals surface area contributed by atoms with Crippen molar-refractivity contribution in [3.63, 3.8) is 0 Å². The summed E-state index contributed by atoms with van der Waals surface area (Å²) >= 11 is 0. The van der Waals surface area contributed by atoms with Gasteiger partial charge >= 0.3 is 0 Å². The second-order valence-electron chi connectivity index (χ2n) is 4.35. The van der Waals surface area contributed by atoms with Crippen LogP contribution in [0.25, 0.3) is 0 Å². The van der Waals surface area contributed by atoms with E-state index in [2.05, 4.69) is 5.32 Å². The summed E-state index contributed by atoms with van der Waals surface area (Å²) in [5.41, 5.74) is 12.6. The van der Waals surface area contributed by atoms with Gasteiger partial charge in [0.15, 0.2) is 0 Å². The Labute approximate surface area is 121 Å². The van der Waals surface area contributed by atoms with Crippen LogP contribution in [0, 0.1) is 0 Å². The van der Waals surface area contributed by atoms with Gasteiger partial charge in [0.25, 0.3) is 5.91 Å². The molecule has 6 heteroatoms. The Hall–Kier alpha value is -3.02. The van der Waals surface area contributed by atoms with Crippen LogP contribution in [0.4, 0.5) is 11.4 Å². The van der Waals surface area contributed by atoms with Crippen molar-refractivity contribution in [2.24, 2.45) is 5.73 Å². The summed E-state index contributed by atoms with van der Waals surface area (Å²) in [6, 6.07) is 11.1. The molecule has 0 aliphatic carbocycles. The van der Waals surface area contributed by atoms with E-state index in [0.717, 1.165) is 0 Å².